The summed E-state index contributed by atoms with van der Waals surface area (Å²) < 4.78 is 40.4. The third-order valence-electron chi connectivity index (χ3n) is 4.15. The van der Waals surface area contributed by atoms with Gasteiger partial charge in [-0.1, -0.05) is 36.9 Å². The van der Waals surface area contributed by atoms with Crippen molar-refractivity contribution in [3.05, 3.63) is 66.2 Å². The summed E-state index contributed by atoms with van der Waals surface area (Å²) in [6, 6.07) is 12.7. The van der Waals surface area contributed by atoms with Crippen molar-refractivity contribution >= 4 is 5.96 Å². The van der Waals surface area contributed by atoms with Gasteiger partial charge in [-0.25, -0.2) is 0 Å². The number of nitrogens with one attached hydrogen (secondary N) is 2. The molecule has 0 aromatic heterocycles. The molecule has 0 aliphatic rings. The number of benzene rings is 2. The summed E-state index contributed by atoms with van der Waals surface area (Å²) in [6.45, 7) is 2.26. The lowest BCUT2D eigenvalue weighted by Crippen LogP contribution is -2.37. The molecule has 0 bridgehead atoms. The van der Waals surface area contributed by atoms with Crippen molar-refractivity contribution in [2.24, 2.45) is 4.99 Å². The summed E-state index contributed by atoms with van der Waals surface area (Å²) in [6.07, 6.45) is 2.28. The Kier molecular flexibility index (Phi) is 9.44. The van der Waals surface area contributed by atoms with Crippen LogP contribution in [0.4, 0.5) is 8.78 Å². The molecular weight excluding hydrogens is 392 g/mol. The summed E-state index contributed by atoms with van der Waals surface area (Å²) in [7, 11) is 3.09. The van der Waals surface area contributed by atoms with Crippen LogP contribution in [0.25, 0.3) is 0 Å². The van der Waals surface area contributed by atoms with Gasteiger partial charge in [0, 0.05) is 25.7 Å². The summed E-state index contributed by atoms with van der Waals surface area (Å²) in [5.74, 6) is 1.68. The molecule has 0 saturated carbocycles. The van der Waals surface area contributed by atoms with Gasteiger partial charge >= 0.3 is 6.61 Å². The number of guanidine groups is 1. The van der Waals surface area contributed by atoms with Crippen molar-refractivity contribution in [1.29, 1.82) is 0 Å². The first-order valence-corrected chi connectivity index (χ1v) is 9.45. The van der Waals surface area contributed by atoms with E-state index in [-0.39, 0.29) is 11.5 Å². The van der Waals surface area contributed by atoms with Crippen molar-refractivity contribution < 1.29 is 23.0 Å². The molecule has 8 heteroatoms. The number of nitrogens with zero attached hydrogens (tertiary/aromatic N) is 1. The molecular formula is C22H27F2N3O3. The number of alkyl halides is 2. The van der Waals surface area contributed by atoms with Gasteiger partial charge in [0.1, 0.15) is 12.4 Å². The zero-order valence-corrected chi connectivity index (χ0v) is 17.2. The Morgan fingerprint density at radius 3 is 2.63 bits per heavy atom. The van der Waals surface area contributed by atoms with E-state index in [1.54, 1.807) is 25.3 Å². The summed E-state index contributed by atoms with van der Waals surface area (Å²) in [4.78, 5) is 4.20. The first kappa shape index (κ1) is 23.0. The summed E-state index contributed by atoms with van der Waals surface area (Å²) in [5.41, 5.74) is 1.82. The first-order chi connectivity index (χ1) is 14.6. The number of halogens is 2. The monoisotopic (exact) mass is 419 g/mol. The van der Waals surface area contributed by atoms with Gasteiger partial charge in [-0.05, 0) is 30.2 Å². The highest BCUT2D eigenvalue weighted by molar-refractivity contribution is 5.79. The molecule has 0 aliphatic heterocycles. The molecule has 6 nitrogen and oxygen atoms in total. The summed E-state index contributed by atoms with van der Waals surface area (Å²) >= 11 is 0. The standard InChI is InChI=1S/C22H27F2N3O3/c1-4-13-29-18-8-6-5-7-17(18)15-27-22(25-2)26-12-11-16-9-10-19(28-3)20(14-16)30-21(23)24/h4-10,14,21H,1,11-13,15H2,2-3H3,(H2,25,26,27). The average Bonchev–Trinajstić information content (AvgIpc) is 2.75. The highest BCUT2D eigenvalue weighted by Crippen LogP contribution is 2.29. The van der Waals surface area contributed by atoms with Crippen molar-refractivity contribution in [1.82, 2.24) is 10.6 Å². The van der Waals surface area contributed by atoms with E-state index >= 15 is 0 Å². The molecule has 2 rings (SSSR count). The number of methoxy groups -OCH3 is 1. The maximum Gasteiger partial charge on any atom is 0.387 e. The van der Waals surface area contributed by atoms with E-state index < -0.39 is 6.61 Å². The molecule has 0 amide bonds. The smallest absolute Gasteiger partial charge is 0.387 e. The number of ether oxygens (including phenoxy) is 3. The molecule has 30 heavy (non-hydrogen) atoms. The van der Waals surface area contributed by atoms with Gasteiger partial charge in [0.05, 0.1) is 7.11 Å². The number of rotatable bonds is 11. The van der Waals surface area contributed by atoms with E-state index in [0.717, 1.165) is 16.9 Å². The minimum Gasteiger partial charge on any atom is -0.493 e. The van der Waals surface area contributed by atoms with Crippen LogP contribution >= 0.6 is 0 Å². The lowest BCUT2D eigenvalue weighted by Gasteiger charge is -2.15. The Labute approximate surface area is 175 Å². The Morgan fingerprint density at radius 2 is 1.93 bits per heavy atom. The molecule has 0 radical (unpaired) electrons. The quantitative estimate of drug-likeness (QED) is 0.330. The van der Waals surface area contributed by atoms with E-state index in [1.165, 1.54) is 7.11 Å². The van der Waals surface area contributed by atoms with Gasteiger partial charge < -0.3 is 24.8 Å². The van der Waals surface area contributed by atoms with Crippen molar-refractivity contribution in [2.45, 2.75) is 19.6 Å². The Balaban J connectivity index is 1.89. The van der Waals surface area contributed by atoms with E-state index in [4.69, 9.17) is 9.47 Å². The zero-order chi connectivity index (χ0) is 21.8. The Morgan fingerprint density at radius 1 is 1.13 bits per heavy atom. The van der Waals surface area contributed by atoms with Crippen LogP contribution in [0.2, 0.25) is 0 Å². The van der Waals surface area contributed by atoms with Gasteiger partial charge in [-0.3, -0.25) is 4.99 Å². The molecule has 0 aliphatic carbocycles. The molecule has 0 unspecified atom stereocenters. The fourth-order valence-corrected chi connectivity index (χ4v) is 2.73. The first-order valence-electron chi connectivity index (χ1n) is 9.45. The van der Waals surface area contributed by atoms with Crippen molar-refractivity contribution in [3.63, 3.8) is 0 Å². The predicted octanol–water partition coefficient (Wildman–Crippen LogP) is 3.77. The third kappa shape index (κ3) is 7.27. The van der Waals surface area contributed by atoms with E-state index in [1.807, 2.05) is 30.3 Å². The lowest BCUT2D eigenvalue weighted by molar-refractivity contribution is -0.0512. The van der Waals surface area contributed by atoms with Gasteiger partial charge in [0.25, 0.3) is 0 Å². The van der Waals surface area contributed by atoms with Gasteiger partial charge in [0.15, 0.2) is 17.5 Å². The van der Waals surface area contributed by atoms with E-state index in [9.17, 15) is 8.78 Å². The van der Waals surface area contributed by atoms with Crippen LogP contribution in [0.3, 0.4) is 0 Å². The Bertz CT molecular complexity index is 844. The minimum atomic E-state index is -2.91. The highest BCUT2D eigenvalue weighted by Gasteiger charge is 2.11. The van der Waals surface area contributed by atoms with Crippen LogP contribution in [0.1, 0.15) is 11.1 Å². The Hall–Kier alpha value is -3.29. The van der Waals surface area contributed by atoms with Crippen molar-refractivity contribution in [3.8, 4) is 17.2 Å². The van der Waals surface area contributed by atoms with Crippen LogP contribution in [-0.4, -0.2) is 39.9 Å². The van der Waals surface area contributed by atoms with E-state index in [2.05, 4.69) is 26.9 Å². The van der Waals surface area contributed by atoms with Gasteiger partial charge in [-0.2, -0.15) is 8.78 Å². The maximum atomic E-state index is 12.6. The maximum absolute atomic E-state index is 12.6. The number of hydrogen-bond acceptors (Lipinski definition) is 4. The normalized spacial score (nSPS) is 11.2. The summed E-state index contributed by atoms with van der Waals surface area (Å²) in [5, 5.41) is 6.44. The van der Waals surface area contributed by atoms with E-state index in [0.29, 0.717) is 32.1 Å². The topological polar surface area (TPSA) is 64.1 Å². The minimum absolute atomic E-state index is 0.0173. The zero-order valence-electron chi connectivity index (χ0n) is 17.2. The van der Waals surface area contributed by atoms with Crippen LogP contribution < -0.4 is 24.8 Å². The molecule has 0 fully saturated rings. The van der Waals surface area contributed by atoms with Crippen LogP contribution in [0.15, 0.2) is 60.1 Å². The fourth-order valence-electron chi connectivity index (χ4n) is 2.73. The number of aliphatic imine (C=N–C) groups is 1. The molecule has 0 spiro atoms. The highest BCUT2D eigenvalue weighted by atomic mass is 19.3. The van der Waals surface area contributed by atoms with Crippen LogP contribution in [0, 0.1) is 0 Å². The molecule has 2 aromatic carbocycles. The fraction of sp³-hybridized carbons (Fsp3) is 0.318. The average molecular weight is 419 g/mol. The second-order valence-electron chi connectivity index (χ2n) is 6.17. The molecule has 0 atom stereocenters. The SMILES string of the molecule is C=CCOc1ccccc1CNC(=NC)NCCc1ccc(OC)c(OC(F)F)c1. The molecule has 2 aromatic rings. The van der Waals surface area contributed by atoms with Crippen LogP contribution in [-0.2, 0) is 13.0 Å². The molecule has 0 heterocycles. The molecule has 2 N–H and O–H groups in total. The van der Waals surface area contributed by atoms with Gasteiger partial charge in [0.2, 0.25) is 0 Å². The number of hydrogen-bond donors (Lipinski definition) is 2. The second kappa shape index (κ2) is 12.3. The van der Waals surface area contributed by atoms with Crippen LogP contribution in [0.5, 0.6) is 17.2 Å². The second-order valence-corrected chi connectivity index (χ2v) is 6.17. The van der Waals surface area contributed by atoms with Crippen molar-refractivity contribution in [2.75, 3.05) is 27.3 Å². The largest absolute Gasteiger partial charge is 0.493 e. The molecule has 162 valence electrons. The lowest BCUT2D eigenvalue weighted by atomic mass is 10.1. The third-order valence-corrected chi connectivity index (χ3v) is 4.15. The number of para-hydroxylation sites is 1. The molecule has 0 saturated heterocycles. The van der Waals surface area contributed by atoms with Gasteiger partial charge in [-0.15, -0.1) is 0 Å². The predicted molar refractivity (Wildman–Crippen MR) is 114 cm³/mol.